The zero-order chi connectivity index (χ0) is 12.8. The number of hydrogen-bond donors (Lipinski definition) is 1. The second-order valence-electron chi connectivity index (χ2n) is 6.43. The van der Waals surface area contributed by atoms with E-state index < -0.39 is 0 Å². The predicted molar refractivity (Wildman–Crippen MR) is 78.9 cm³/mol. The van der Waals surface area contributed by atoms with Gasteiger partial charge in [0.15, 0.2) is 0 Å². The Morgan fingerprint density at radius 1 is 1.11 bits per heavy atom. The fourth-order valence-electron chi connectivity index (χ4n) is 3.84. The van der Waals surface area contributed by atoms with Gasteiger partial charge in [0, 0.05) is 19.1 Å². The van der Waals surface area contributed by atoms with Gasteiger partial charge in [-0.3, -0.25) is 0 Å². The summed E-state index contributed by atoms with van der Waals surface area (Å²) in [5, 5.41) is 3.77. The Morgan fingerprint density at radius 2 is 2.00 bits per heavy atom. The highest BCUT2D eigenvalue weighted by Gasteiger charge is 2.29. The van der Waals surface area contributed by atoms with Crippen LogP contribution in [0.5, 0.6) is 0 Å². The average Bonchev–Trinajstić information content (AvgIpc) is 2.84. The van der Waals surface area contributed by atoms with Crippen LogP contribution in [0.25, 0.3) is 0 Å². The molecule has 0 bridgehead atoms. The number of nitrogens with one attached hydrogen (secondary N) is 1. The first-order valence-corrected chi connectivity index (χ1v) is 8.29. The average molecular weight is 252 g/mol. The van der Waals surface area contributed by atoms with Crippen LogP contribution in [0.15, 0.2) is 0 Å². The second kappa shape index (κ2) is 7.49. The lowest BCUT2D eigenvalue weighted by Gasteiger charge is -2.35. The van der Waals surface area contributed by atoms with Gasteiger partial charge in [0.2, 0.25) is 0 Å². The lowest BCUT2D eigenvalue weighted by atomic mass is 9.94. The Labute approximate surface area is 114 Å². The Balaban J connectivity index is 1.76. The third-order valence-corrected chi connectivity index (χ3v) is 4.99. The highest BCUT2D eigenvalue weighted by molar-refractivity contribution is 4.86. The summed E-state index contributed by atoms with van der Waals surface area (Å²) < 4.78 is 0. The Morgan fingerprint density at radius 3 is 2.78 bits per heavy atom. The predicted octanol–water partition coefficient (Wildman–Crippen LogP) is 3.28. The van der Waals surface area contributed by atoms with Crippen LogP contribution in [0.2, 0.25) is 0 Å². The van der Waals surface area contributed by atoms with Gasteiger partial charge in [0.1, 0.15) is 0 Å². The quantitative estimate of drug-likeness (QED) is 0.780. The van der Waals surface area contributed by atoms with E-state index in [-0.39, 0.29) is 0 Å². The lowest BCUT2D eigenvalue weighted by molar-refractivity contribution is 0.141. The van der Waals surface area contributed by atoms with Gasteiger partial charge >= 0.3 is 0 Å². The number of likely N-dealkylation sites (tertiary alicyclic amines) is 1. The van der Waals surface area contributed by atoms with E-state index in [1.807, 2.05) is 0 Å². The maximum Gasteiger partial charge on any atom is 0.0107 e. The first-order valence-electron chi connectivity index (χ1n) is 8.29. The Hall–Kier alpha value is -0.0800. The van der Waals surface area contributed by atoms with Crippen LogP contribution in [0.1, 0.15) is 58.8 Å². The van der Waals surface area contributed by atoms with Crippen LogP contribution in [0.3, 0.4) is 0 Å². The molecule has 106 valence electrons. The molecule has 2 fully saturated rings. The summed E-state index contributed by atoms with van der Waals surface area (Å²) in [5.41, 5.74) is 0. The van der Waals surface area contributed by atoms with Crippen LogP contribution in [0, 0.1) is 11.8 Å². The number of hydrogen-bond acceptors (Lipinski definition) is 2. The van der Waals surface area contributed by atoms with Crippen LogP contribution in [-0.2, 0) is 0 Å². The van der Waals surface area contributed by atoms with Crippen molar-refractivity contribution in [1.82, 2.24) is 10.2 Å². The molecule has 1 heterocycles. The van der Waals surface area contributed by atoms with Crippen LogP contribution >= 0.6 is 0 Å². The summed E-state index contributed by atoms with van der Waals surface area (Å²) in [6.45, 7) is 9.92. The molecule has 0 spiro atoms. The molecule has 1 saturated heterocycles. The summed E-state index contributed by atoms with van der Waals surface area (Å²) in [7, 11) is 0. The van der Waals surface area contributed by atoms with Crippen molar-refractivity contribution in [1.29, 1.82) is 0 Å². The molecule has 1 N–H and O–H groups in total. The molecule has 2 rings (SSSR count). The van der Waals surface area contributed by atoms with E-state index in [1.54, 1.807) is 0 Å². The standard InChI is InChI=1S/C16H32N2/c1-3-10-17-16-9-5-8-15(16)13-18-11-6-7-14(4-2)12-18/h14-17H,3-13H2,1-2H3. The highest BCUT2D eigenvalue weighted by Crippen LogP contribution is 2.28. The van der Waals surface area contributed by atoms with Gasteiger partial charge in [-0.1, -0.05) is 26.7 Å². The van der Waals surface area contributed by atoms with E-state index in [9.17, 15) is 0 Å². The third-order valence-electron chi connectivity index (χ3n) is 4.99. The van der Waals surface area contributed by atoms with Crippen molar-refractivity contribution in [3.63, 3.8) is 0 Å². The molecule has 2 heteroatoms. The van der Waals surface area contributed by atoms with Crippen LogP contribution in [0.4, 0.5) is 0 Å². The molecule has 18 heavy (non-hydrogen) atoms. The molecule has 0 aromatic carbocycles. The summed E-state index contributed by atoms with van der Waals surface area (Å²) in [4.78, 5) is 2.76. The van der Waals surface area contributed by atoms with Crippen molar-refractivity contribution >= 4 is 0 Å². The van der Waals surface area contributed by atoms with E-state index >= 15 is 0 Å². The molecular formula is C16H32N2. The molecule has 2 nitrogen and oxygen atoms in total. The SMILES string of the molecule is CCCNC1CCCC1CN1CCCC(CC)C1. The fraction of sp³-hybridized carbons (Fsp3) is 1.00. The third kappa shape index (κ3) is 3.96. The summed E-state index contributed by atoms with van der Waals surface area (Å²) >= 11 is 0. The highest BCUT2D eigenvalue weighted by atomic mass is 15.1. The summed E-state index contributed by atoms with van der Waals surface area (Å²) in [5.74, 6) is 1.90. The van der Waals surface area contributed by atoms with Crippen molar-refractivity contribution in [2.75, 3.05) is 26.2 Å². The zero-order valence-electron chi connectivity index (χ0n) is 12.5. The van der Waals surface area contributed by atoms with Gasteiger partial charge < -0.3 is 10.2 Å². The molecule has 1 aliphatic heterocycles. The van der Waals surface area contributed by atoms with Gasteiger partial charge in [0.05, 0.1) is 0 Å². The first kappa shape index (κ1) is 14.3. The zero-order valence-corrected chi connectivity index (χ0v) is 12.5. The van der Waals surface area contributed by atoms with E-state index in [0.29, 0.717) is 0 Å². The Bertz CT molecular complexity index is 229. The Kier molecular flexibility index (Phi) is 5.97. The summed E-state index contributed by atoms with van der Waals surface area (Å²) in [6.07, 6.45) is 9.85. The van der Waals surface area contributed by atoms with Crippen molar-refractivity contribution in [3.05, 3.63) is 0 Å². The van der Waals surface area contributed by atoms with Crippen LogP contribution < -0.4 is 5.32 Å². The van der Waals surface area contributed by atoms with E-state index in [4.69, 9.17) is 0 Å². The van der Waals surface area contributed by atoms with Gasteiger partial charge in [-0.05, 0) is 57.0 Å². The number of piperidine rings is 1. The maximum atomic E-state index is 3.77. The van der Waals surface area contributed by atoms with Crippen LogP contribution in [-0.4, -0.2) is 37.1 Å². The van der Waals surface area contributed by atoms with Gasteiger partial charge in [-0.25, -0.2) is 0 Å². The van der Waals surface area contributed by atoms with Crippen molar-refractivity contribution in [2.24, 2.45) is 11.8 Å². The van der Waals surface area contributed by atoms with Gasteiger partial charge in [0.25, 0.3) is 0 Å². The van der Waals surface area contributed by atoms with Crippen molar-refractivity contribution in [3.8, 4) is 0 Å². The van der Waals surface area contributed by atoms with E-state index in [1.165, 1.54) is 71.1 Å². The molecule has 1 aliphatic carbocycles. The number of rotatable bonds is 6. The summed E-state index contributed by atoms with van der Waals surface area (Å²) in [6, 6.07) is 0.812. The van der Waals surface area contributed by atoms with Crippen molar-refractivity contribution in [2.45, 2.75) is 64.8 Å². The normalized spacial score (nSPS) is 34.0. The minimum atomic E-state index is 0.812. The molecule has 0 aromatic rings. The monoisotopic (exact) mass is 252 g/mol. The maximum absolute atomic E-state index is 3.77. The molecule has 0 aromatic heterocycles. The van der Waals surface area contributed by atoms with E-state index in [2.05, 4.69) is 24.1 Å². The second-order valence-corrected chi connectivity index (χ2v) is 6.43. The molecule has 0 amide bonds. The molecule has 0 radical (unpaired) electrons. The molecule has 3 atom stereocenters. The van der Waals surface area contributed by atoms with Gasteiger partial charge in [-0.15, -0.1) is 0 Å². The largest absolute Gasteiger partial charge is 0.314 e. The smallest absolute Gasteiger partial charge is 0.0107 e. The minimum absolute atomic E-state index is 0.812. The fourth-order valence-corrected chi connectivity index (χ4v) is 3.84. The van der Waals surface area contributed by atoms with E-state index in [0.717, 1.165) is 17.9 Å². The molecule has 1 saturated carbocycles. The van der Waals surface area contributed by atoms with Crippen molar-refractivity contribution < 1.29 is 0 Å². The minimum Gasteiger partial charge on any atom is -0.314 e. The number of nitrogens with zero attached hydrogens (tertiary/aromatic N) is 1. The first-order chi connectivity index (χ1) is 8.83. The van der Waals surface area contributed by atoms with Gasteiger partial charge in [-0.2, -0.15) is 0 Å². The molecule has 2 aliphatic rings. The lowest BCUT2D eigenvalue weighted by Crippen LogP contribution is -2.43. The topological polar surface area (TPSA) is 15.3 Å². The molecule has 3 unspecified atom stereocenters. The molecular weight excluding hydrogens is 220 g/mol.